The minimum absolute atomic E-state index is 0.0556. The lowest BCUT2D eigenvalue weighted by Gasteiger charge is -2.45. The largest absolute Gasteiger partial charge is 0.361 e. The highest BCUT2D eigenvalue weighted by atomic mass is 35.5. The van der Waals surface area contributed by atoms with E-state index >= 15 is 0 Å². The molecule has 0 saturated carbocycles. The van der Waals surface area contributed by atoms with Gasteiger partial charge in [0.1, 0.15) is 5.84 Å². The van der Waals surface area contributed by atoms with E-state index in [1.165, 1.54) is 28.0 Å². The summed E-state index contributed by atoms with van der Waals surface area (Å²) in [5.74, 6) is 1.12. The van der Waals surface area contributed by atoms with E-state index in [2.05, 4.69) is 41.4 Å². The van der Waals surface area contributed by atoms with Gasteiger partial charge in [-0.15, -0.1) is 0 Å². The smallest absolute Gasteiger partial charge is 0.108 e. The minimum atomic E-state index is 0.0556. The van der Waals surface area contributed by atoms with Gasteiger partial charge in [0.15, 0.2) is 0 Å². The number of H-pyrrole nitrogens is 1. The van der Waals surface area contributed by atoms with Gasteiger partial charge in [-0.3, -0.25) is 4.99 Å². The molecule has 5 rings (SSSR count). The first-order valence-electron chi connectivity index (χ1n) is 10.3. The van der Waals surface area contributed by atoms with Crippen LogP contribution in [0.2, 0.25) is 10.0 Å². The number of rotatable bonds is 2. The average molecular weight is 429 g/mol. The van der Waals surface area contributed by atoms with Gasteiger partial charge in [0, 0.05) is 23.0 Å². The molecular weight excluding hydrogens is 403 g/mol. The zero-order valence-electron chi connectivity index (χ0n) is 16.9. The van der Waals surface area contributed by atoms with E-state index in [0.717, 1.165) is 56.8 Å². The van der Waals surface area contributed by atoms with Crippen LogP contribution in [0.25, 0.3) is 6.08 Å². The fraction of sp³-hybridized carbons (Fsp3) is 0.435. The van der Waals surface area contributed by atoms with Gasteiger partial charge in [-0.05, 0) is 93.2 Å². The number of nitrogens with zero attached hydrogens (tertiary/aromatic N) is 2. The number of aryl methyl sites for hydroxylation is 1. The lowest BCUT2D eigenvalue weighted by molar-refractivity contribution is 0.178. The maximum atomic E-state index is 6.32. The van der Waals surface area contributed by atoms with Crippen molar-refractivity contribution in [2.45, 2.75) is 32.6 Å². The van der Waals surface area contributed by atoms with Crippen LogP contribution in [0.3, 0.4) is 0 Å². The van der Waals surface area contributed by atoms with Gasteiger partial charge in [-0.1, -0.05) is 23.2 Å². The first-order chi connectivity index (χ1) is 13.9. The molecule has 0 atom stereocenters. The Labute approximate surface area is 182 Å². The molecule has 3 aliphatic rings. The number of aliphatic imine (C=N–C) groups is 1. The van der Waals surface area contributed by atoms with Crippen LogP contribution in [0.5, 0.6) is 0 Å². The monoisotopic (exact) mass is 428 g/mol. The summed E-state index contributed by atoms with van der Waals surface area (Å²) in [6.45, 7) is 5.08. The SMILES string of the molecule is Cc1c[nH]c2c1CC(CN=C1Nc3cc(Cl)c(Cl)cc3CC13CCN(C)CC3)=C2. The number of fused-ring (bicyclic) bond motifs is 2. The van der Waals surface area contributed by atoms with Gasteiger partial charge >= 0.3 is 0 Å². The van der Waals surface area contributed by atoms with Gasteiger partial charge in [0.2, 0.25) is 0 Å². The predicted octanol–water partition coefficient (Wildman–Crippen LogP) is 5.35. The molecule has 0 bridgehead atoms. The second kappa shape index (κ2) is 7.19. The van der Waals surface area contributed by atoms with Crippen molar-refractivity contribution < 1.29 is 0 Å². The molecule has 0 amide bonds. The molecule has 4 nitrogen and oxygen atoms in total. The summed E-state index contributed by atoms with van der Waals surface area (Å²) in [7, 11) is 2.20. The standard InChI is InChI=1S/C23H26Cl2N4/c1-14-12-26-21-8-15(7-17(14)21)13-27-22-23(3-5-29(2)6-4-23)11-16-9-18(24)19(25)10-20(16)28-22/h8-10,12,26H,3-7,11,13H2,1-2H3,(H,27,28). The highest BCUT2D eigenvalue weighted by Gasteiger charge is 2.42. The molecule has 1 saturated heterocycles. The number of aromatic amines is 1. The number of piperidine rings is 1. The Balaban J connectivity index is 1.45. The molecule has 3 heterocycles. The van der Waals surface area contributed by atoms with Crippen molar-refractivity contribution in [1.82, 2.24) is 9.88 Å². The Morgan fingerprint density at radius 3 is 2.69 bits per heavy atom. The van der Waals surface area contributed by atoms with Crippen molar-refractivity contribution in [1.29, 1.82) is 0 Å². The van der Waals surface area contributed by atoms with Crippen LogP contribution in [0.1, 0.15) is 35.2 Å². The van der Waals surface area contributed by atoms with Crippen molar-refractivity contribution in [3.63, 3.8) is 0 Å². The van der Waals surface area contributed by atoms with Gasteiger partial charge in [0.05, 0.1) is 16.6 Å². The van der Waals surface area contributed by atoms with Gasteiger partial charge in [-0.25, -0.2) is 0 Å². The number of nitrogens with one attached hydrogen (secondary N) is 2. The lowest BCUT2D eigenvalue weighted by Crippen LogP contribution is -2.49. The zero-order valence-corrected chi connectivity index (χ0v) is 18.4. The Morgan fingerprint density at radius 2 is 1.93 bits per heavy atom. The first-order valence-corrected chi connectivity index (χ1v) is 11.0. The van der Waals surface area contributed by atoms with Gasteiger partial charge in [-0.2, -0.15) is 0 Å². The van der Waals surface area contributed by atoms with Crippen molar-refractivity contribution in [2.75, 3.05) is 32.0 Å². The topological polar surface area (TPSA) is 43.4 Å². The third kappa shape index (κ3) is 3.41. The van der Waals surface area contributed by atoms with Crippen molar-refractivity contribution >= 4 is 40.8 Å². The summed E-state index contributed by atoms with van der Waals surface area (Å²) in [5, 5.41) is 4.86. The van der Waals surface area contributed by atoms with Crippen LogP contribution in [0, 0.1) is 12.3 Å². The summed E-state index contributed by atoms with van der Waals surface area (Å²) in [5.41, 5.74) is 7.71. The molecule has 2 aromatic rings. The molecule has 2 N–H and O–H groups in total. The highest BCUT2D eigenvalue weighted by Crippen LogP contribution is 2.44. The van der Waals surface area contributed by atoms with E-state index in [1.54, 1.807) is 0 Å². The van der Waals surface area contributed by atoms with Crippen molar-refractivity contribution in [3.8, 4) is 0 Å². The van der Waals surface area contributed by atoms with E-state index in [9.17, 15) is 0 Å². The molecule has 6 heteroatoms. The number of hydrogen-bond acceptors (Lipinski definition) is 2. The number of halogens is 2. The summed E-state index contributed by atoms with van der Waals surface area (Å²) in [6, 6.07) is 3.97. The summed E-state index contributed by atoms with van der Waals surface area (Å²) in [6.07, 6.45) is 8.52. The molecule has 0 radical (unpaired) electrons. The molecule has 1 aromatic heterocycles. The highest BCUT2D eigenvalue weighted by molar-refractivity contribution is 6.42. The fourth-order valence-electron chi connectivity index (χ4n) is 4.93. The molecule has 1 aliphatic carbocycles. The maximum absolute atomic E-state index is 6.32. The summed E-state index contributed by atoms with van der Waals surface area (Å²) in [4.78, 5) is 10.9. The van der Waals surface area contributed by atoms with Crippen LogP contribution >= 0.6 is 23.2 Å². The Morgan fingerprint density at radius 1 is 1.17 bits per heavy atom. The Hall–Kier alpha value is -1.75. The number of hydrogen-bond donors (Lipinski definition) is 2. The third-order valence-corrected chi connectivity index (χ3v) is 7.53. The quantitative estimate of drug-likeness (QED) is 0.676. The predicted molar refractivity (Wildman–Crippen MR) is 122 cm³/mol. The van der Waals surface area contributed by atoms with Crippen LogP contribution in [-0.4, -0.2) is 42.4 Å². The molecular formula is C23H26Cl2N4. The molecule has 152 valence electrons. The van der Waals surface area contributed by atoms with E-state index in [4.69, 9.17) is 28.2 Å². The average Bonchev–Trinajstić information content (AvgIpc) is 3.26. The minimum Gasteiger partial charge on any atom is -0.361 e. The van der Waals surface area contributed by atoms with E-state index in [0.29, 0.717) is 10.0 Å². The number of aromatic nitrogens is 1. The zero-order chi connectivity index (χ0) is 20.2. The molecule has 1 spiro atoms. The van der Waals surface area contributed by atoms with Gasteiger partial charge in [0.25, 0.3) is 0 Å². The number of anilines is 1. The van der Waals surface area contributed by atoms with Crippen LogP contribution < -0.4 is 5.32 Å². The number of benzene rings is 1. The van der Waals surface area contributed by atoms with E-state index in [-0.39, 0.29) is 5.41 Å². The molecule has 2 aliphatic heterocycles. The summed E-state index contributed by atoms with van der Waals surface area (Å²) >= 11 is 12.6. The summed E-state index contributed by atoms with van der Waals surface area (Å²) < 4.78 is 0. The molecule has 1 aromatic carbocycles. The Bertz CT molecular complexity index is 1030. The lowest BCUT2D eigenvalue weighted by atomic mass is 9.70. The Kier molecular flexibility index (Phi) is 4.77. The second-order valence-electron chi connectivity index (χ2n) is 8.82. The van der Waals surface area contributed by atoms with Crippen LogP contribution in [0.15, 0.2) is 28.9 Å². The van der Waals surface area contributed by atoms with E-state index < -0.39 is 0 Å². The first kappa shape index (κ1) is 19.2. The normalized spacial score (nSPS) is 21.8. The number of amidine groups is 1. The third-order valence-electron chi connectivity index (χ3n) is 6.81. The fourth-order valence-corrected chi connectivity index (χ4v) is 5.28. The van der Waals surface area contributed by atoms with Crippen LogP contribution in [0.4, 0.5) is 5.69 Å². The van der Waals surface area contributed by atoms with Gasteiger partial charge < -0.3 is 15.2 Å². The van der Waals surface area contributed by atoms with E-state index in [1.807, 2.05) is 12.1 Å². The molecule has 1 fully saturated rings. The second-order valence-corrected chi connectivity index (χ2v) is 9.63. The number of likely N-dealkylation sites (tertiary alicyclic amines) is 1. The molecule has 0 unspecified atom stereocenters. The molecule has 29 heavy (non-hydrogen) atoms. The van der Waals surface area contributed by atoms with Crippen molar-refractivity contribution in [3.05, 3.63) is 56.3 Å². The maximum Gasteiger partial charge on any atom is 0.108 e. The van der Waals surface area contributed by atoms with Crippen molar-refractivity contribution in [2.24, 2.45) is 10.4 Å². The van der Waals surface area contributed by atoms with Crippen LogP contribution in [-0.2, 0) is 12.8 Å².